The fourth-order valence-electron chi connectivity index (χ4n) is 2.08. The van der Waals surface area contributed by atoms with Gasteiger partial charge >= 0.3 is 0 Å². The van der Waals surface area contributed by atoms with Crippen LogP contribution in [0.3, 0.4) is 0 Å². The predicted molar refractivity (Wildman–Crippen MR) is 82.5 cm³/mol. The molecule has 1 aliphatic heterocycles. The summed E-state index contributed by atoms with van der Waals surface area (Å²) in [5.74, 6) is -3.25. The molecule has 0 aliphatic carbocycles. The number of carbonyl (C=O) groups excluding carboxylic acids is 1. The van der Waals surface area contributed by atoms with E-state index in [1.165, 1.54) is 11.3 Å². The van der Waals surface area contributed by atoms with Crippen LogP contribution in [0.25, 0.3) is 0 Å². The maximum atomic E-state index is 13.0. The summed E-state index contributed by atoms with van der Waals surface area (Å²) in [6.45, 7) is 5.87. The number of thiazole rings is 1. The molecule has 0 bridgehead atoms. The number of carbonyl (C=O) groups is 1. The number of alkyl halides is 2. The predicted octanol–water partition coefficient (Wildman–Crippen LogP) is 3.09. The zero-order chi connectivity index (χ0) is 15.0. The maximum Gasteiger partial charge on any atom is 0.262 e. The van der Waals surface area contributed by atoms with Crippen LogP contribution in [0.5, 0.6) is 0 Å². The molecule has 2 rings (SSSR count). The fourth-order valence-corrected chi connectivity index (χ4v) is 2.80. The molecule has 1 aliphatic rings. The van der Waals surface area contributed by atoms with Gasteiger partial charge in [0.1, 0.15) is 0 Å². The number of hydrogen-bond donors (Lipinski definition) is 2. The van der Waals surface area contributed by atoms with E-state index < -0.39 is 30.8 Å². The summed E-state index contributed by atoms with van der Waals surface area (Å²) in [6, 6.07) is -0.847. The van der Waals surface area contributed by atoms with Crippen LogP contribution in [0.2, 0.25) is 0 Å². The van der Waals surface area contributed by atoms with E-state index in [9.17, 15) is 13.6 Å². The van der Waals surface area contributed by atoms with Gasteiger partial charge in [-0.05, 0) is 11.8 Å². The molecule has 21 heavy (non-hydrogen) atoms. The quantitative estimate of drug-likeness (QED) is 0.889. The van der Waals surface area contributed by atoms with E-state index >= 15 is 0 Å². The van der Waals surface area contributed by atoms with E-state index in [2.05, 4.69) is 36.4 Å². The number of nitrogens with one attached hydrogen (secondary N) is 2. The Morgan fingerprint density at radius 1 is 1.57 bits per heavy atom. The fraction of sp³-hybridized carbons (Fsp3) is 0.692. The minimum absolute atomic E-state index is 0. The van der Waals surface area contributed by atoms with Crippen molar-refractivity contribution < 1.29 is 13.6 Å². The van der Waals surface area contributed by atoms with Crippen molar-refractivity contribution in [3.8, 4) is 0 Å². The zero-order valence-electron chi connectivity index (χ0n) is 12.2. The molecule has 1 aromatic heterocycles. The molecule has 1 amide bonds. The smallest absolute Gasteiger partial charge is 0.262 e. The first-order chi connectivity index (χ1) is 9.15. The molecule has 1 fully saturated rings. The van der Waals surface area contributed by atoms with Crippen molar-refractivity contribution in [3.63, 3.8) is 0 Å². The monoisotopic (exact) mass is 339 g/mol. The Labute approximate surface area is 133 Å². The van der Waals surface area contributed by atoms with Gasteiger partial charge in [-0.2, -0.15) is 0 Å². The lowest BCUT2D eigenvalue weighted by atomic mass is 9.91. The number of aromatic nitrogens is 1. The number of rotatable bonds is 3. The molecular weight excluding hydrogens is 320 g/mol. The topological polar surface area (TPSA) is 54.0 Å². The van der Waals surface area contributed by atoms with Crippen LogP contribution >= 0.6 is 23.7 Å². The summed E-state index contributed by atoms with van der Waals surface area (Å²) in [5, 5.41) is 7.48. The van der Waals surface area contributed by atoms with Crippen LogP contribution in [0.4, 0.5) is 13.9 Å². The van der Waals surface area contributed by atoms with Gasteiger partial charge in [0.25, 0.3) is 5.92 Å². The van der Waals surface area contributed by atoms with Gasteiger partial charge in [-0.3, -0.25) is 10.1 Å². The van der Waals surface area contributed by atoms with Gasteiger partial charge in [-0.1, -0.05) is 20.8 Å². The van der Waals surface area contributed by atoms with Crippen LogP contribution in [0.15, 0.2) is 5.38 Å². The second kappa shape index (κ2) is 6.54. The molecule has 0 saturated carbocycles. The number of halogens is 3. The summed E-state index contributed by atoms with van der Waals surface area (Å²) >= 11 is 1.32. The van der Waals surface area contributed by atoms with Gasteiger partial charge in [0.2, 0.25) is 5.91 Å². The Bertz CT molecular complexity index is 502. The lowest BCUT2D eigenvalue weighted by Crippen LogP contribution is -2.35. The lowest BCUT2D eigenvalue weighted by Gasteiger charge is -2.15. The minimum Gasteiger partial charge on any atom is -0.301 e. The minimum atomic E-state index is -2.80. The summed E-state index contributed by atoms with van der Waals surface area (Å²) in [7, 11) is 0. The third kappa shape index (κ3) is 5.48. The lowest BCUT2D eigenvalue weighted by molar-refractivity contribution is -0.118. The molecule has 8 heteroatoms. The van der Waals surface area contributed by atoms with Crippen LogP contribution < -0.4 is 10.6 Å². The molecule has 4 nitrogen and oxygen atoms in total. The molecule has 0 aromatic carbocycles. The van der Waals surface area contributed by atoms with Crippen molar-refractivity contribution in [2.24, 2.45) is 5.41 Å². The molecule has 1 aromatic rings. The largest absolute Gasteiger partial charge is 0.301 e. The van der Waals surface area contributed by atoms with Crippen LogP contribution in [-0.4, -0.2) is 29.4 Å². The van der Waals surface area contributed by atoms with E-state index in [1.807, 2.05) is 5.38 Å². The SMILES string of the molecule is CC(C)(C)Cc1csc(NC(=O)C2CC(F)(F)CN2)n1.Cl. The Balaban J connectivity index is 0.00000220. The van der Waals surface area contributed by atoms with Crippen molar-refractivity contribution >= 4 is 34.8 Å². The highest BCUT2D eigenvalue weighted by Crippen LogP contribution is 2.27. The van der Waals surface area contributed by atoms with Gasteiger partial charge in [0, 0.05) is 11.8 Å². The van der Waals surface area contributed by atoms with Crippen molar-refractivity contribution in [1.29, 1.82) is 0 Å². The first-order valence-electron chi connectivity index (χ1n) is 6.51. The number of hydrogen-bond acceptors (Lipinski definition) is 4. The Kier molecular flexibility index (Phi) is 5.69. The number of anilines is 1. The molecular formula is C13H20ClF2N3OS. The van der Waals surface area contributed by atoms with Crippen molar-refractivity contribution in [3.05, 3.63) is 11.1 Å². The zero-order valence-corrected chi connectivity index (χ0v) is 13.8. The Morgan fingerprint density at radius 3 is 2.76 bits per heavy atom. The van der Waals surface area contributed by atoms with E-state index in [0.717, 1.165) is 12.1 Å². The summed E-state index contributed by atoms with van der Waals surface area (Å²) in [4.78, 5) is 16.2. The average molecular weight is 340 g/mol. The van der Waals surface area contributed by atoms with Gasteiger partial charge < -0.3 is 5.32 Å². The molecule has 2 N–H and O–H groups in total. The molecule has 0 spiro atoms. The van der Waals surface area contributed by atoms with Gasteiger partial charge in [0.05, 0.1) is 18.3 Å². The highest BCUT2D eigenvalue weighted by molar-refractivity contribution is 7.13. The number of amides is 1. The van der Waals surface area contributed by atoms with E-state index in [0.29, 0.717) is 5.13 Å². The molecule has 0 radical (unpaired) electrons. The summed E-state index contributed by atoms with van der Waals surface area (Å²) in [6.07, 6.45) is 0.345. The third-order valence-electron chi connectivity index (χ3n) is 2.92. The average Bonchev–Trinajstić information content (AvgIpc) is 2.83. The van der Waals surface area contributed by atoms with E-state index in [1.54, 1.807) is 0 Å². The molecule has 2 heterocycles. The van der Waals surface area contributed by atoms with Gasteiger partial charge in [-0.25, -0.2) is 13.8 Å². The highest BCUT2D eigenvalue weighted by Gasteiger charge is 2.42. The second-order valence-electron chi connectivity index (χ2n) is 6.36. The molecule has 120 valence electrons. The first-order valence-corrected chi connectivity index (χ1v) is 7.39. The molecule has 1 saturated heterocycles. The van der Waals surface area contributed by atoms with E-state index in [4.69, 9.17) is 0 Å². The van der Waals surface area contributed by atoms with Crippen LogP contribution in [0, 0.1) is 5.41 Å². The van der Waals surface area contributed by atoms with E-state index in [-0.39, 0.29) is 17.8 Å². The second-order valence-corrected chi connectivity index (χ2v) is 7.22. The van der Waals surface area contributed by atoms with Gasteiger partial charge in [0.15, 0.2) is 5.13 Å². The highest BCUT2D eigenvalue weighted by atomic mass is 35.5. The molecule has 1 atom stereocenters. The number of nitrogens with zero attached hydrogens (tertiary/aromatic N) is 1. The normalized spacial score (nSPS) is 20.9. The Morgan fingerprint density at radius 2 is 2.24 bits per heavy atom. The molecule has 1 unspecified atom stereocenters. The van der Waals surface area contributed by atoms with Crippen LogP contribution in [0.1, 0.15) is 32.9 Å². The maximum absolute atomic E-state index is 13.0. The summed E-state index contributed by atoms with van der Waals surface area (Å²) in [5.41, 5.74) is 1.02. The van der Waals surface area contributed by atoms with Crippen LogP contribution in [-0.2, 0) is 11.2 Å². The van der Waals surface area contributed by atoms with Gasteiger partial charge in [-0.15, -0.1) is 23.7 Å². The first kappa shape index (κ1) is 18.3. The van der Waals surface area contributed by atoms with Crippen molar-refractivity contribution in [2.75, 3.05) is 11.9 Å². The third-order valence-corrected chi connectivity index (χ3v) is 3.73. The standard InChI is InChI=1S/C13H19F2N3OS.ClH/c1-12(2,3)4-8-6-20-11(17-8)18-10(19)9-5-13(14,15)7-16-9;/h6,9,16H,4-5,7H2,1-3H3,(H,17,18,19);1H. The van der Waals surface area contributed by atoms with Crippen molar-refractivity contribution in [2.45, 2.75) is 45.6 Å². The Hall–Kier alpha value is -0.790. The van der Waals surface area contributed by atoms with Crippen molar-refractivity contribution in [1.82, 2.24) is 10.3 Å². The summed E-state index contributed by atoms with van der Waals surface area (Å²) < 4.78 is 26.1.